The number of imidazole rings is 1. The van der Waals surface area contributed by atoms with Gasteiger partial charge in [-0.1, -0.05) is 6.07 Å². The summed E-state index contributed by atoms with van der Waals surface area (Å²) in [7, 11) is 0. The second-order valence-electron chi connectivity index (χ2n) is 4.88. The van der Waals surface area contributed by atoms with Crippen molar-refractivity contribution in [3.05, 3.63) is 52.7 Å². The van der Waals surface area contributed by atoms with E-state index in [4.69, 9.17) is 11.6 Å². The second-order valence-corrected chi connectivity index (χ2v) is 6.45. The van der Waals surface area contributed by atoms with E-state index in [1.807, 2.05) is 31.2 Å². The molecule has 2 atom stereocenters. The molecule has 0 aliphatic rings. The number of pyridine rings is 2. The van der Waals surface area contributed by atoms with Gasteiger partial charge in [-0.15, -0.1) is 11.6 Å². The van der Waals surface area contributed by atoms with Crippen LogP contribution in [0.1, 0.15) is 36.8 Å². The third kappa shape index (κ3) is 2.68. The lowest BCUT2D eigenvalue weighted by Gasteiger charge is -2.17. The molecule has 2 unspecified atom stereocenters. The van der Waals surface area contributed by atoms with Crippen LogP contribution in [0.2, 0.25) is 0 Å². The Bertz CT molecular complexity index is 770. The molecule has 0 saturated carbocycles. The van der Waals surface area contributed by atoms with Crippen LogP contribution < -0.4 is 0 Å². The molecule has 0 aliphatic carbocycles. The largest absolute Gasteiger partial charge is 0.303 e. The summed E-state index contributed by atoms with van der Waals surface area (Å²) in [6.07, 6.45) is 3.56. The fourth-order valence-electron chi connectivity index (χ4n) is 2.39. The third-order valence-electron chi connectivity index (χ3n) is 3.38. The van der Waals surface area contributed by atoms with Crippen LogP contribution >= 0.6 is 27.5 Å². The molecule has 0 spiro atoms. The highest BCUT2D eigenvalue weighted by molar-refractivity contribution is 9.10. The van der Waals surface area contributed by atoms with Gasteiger partial charge in [-0.2, -0.15) is 0 Å². The van der Waals surface area contributed by atoms with Crippen molar-refractivity contribution in [3.8, 4) is 0 Å². The highest BCUT2D eigenvalue weighted by Crippen LogP contribution is 2.30. The van der Waals surface area contributed by atoms with E-state index in [9.17, 15) is 0 Å². The lowest BCUT2D eigenvalue weighted by molar-refractivity contribution is 0.599. The van der Waals surface area contributed by atoms with Crippen LogP contribution in [0, 0.1) is 0 Å². The summed E-state index contributed by atoms with van der Waals surface area (Å²) in [5.41, 5.74) is 2.61. The molecule has 0 aliphatic heterocycles. The topological polar surface area (TPSA) is 43.6 Å². The van der Waals surface area contributed by atoms with Crippen molar-refractivity contribution in [2.24, 2.45) is 0 Å². The first-order valence-electron chi connectivity index (χ1n) is 6.66. The van der Waals surface area contributed by atoms with Crippen LogP contribution in [0.3, 0.4) is 0 Å². The summed E-state index contributed by atoms with van der Waals surface area (Å²) >= 11 is 9.74. The first-order valence-corrected chi connectivity index (χ1v) is 7.89. The molecular formula is C15H14BrClN4. The van der Waals surface area contributed by atoms with Crippen LogP contribution in [0.25, 0.3) is 11.2 Å². The van der Waals surface area contributed by atoms with Crippen molar-refractivity contribution in [2.45, 2.75) is 25.3 Å². The van der Waals surface area contributed by atoms with Crippen LogP contribution in [-0.4, -0.2) is 19.5 Å². The van der Waals surface area contributed by atoms with Crippen molar-refractivity contribution in [1.29, 1.82) is 0 Å². The van der Waals surface area contributed by atoms with Crippen LogP contribution in [0.4, 0.5) is 0 Å². The van der Waals surface area contributed by atoms with Gasteiger partial charge in [0.15, 0.2) is 5.65 Å². The van der Waals surface area contributed by atoms with E-state index in [1.54, 1.807) is 12.4 Å². The van der Waals surface area contributed by atoms with Gasteiger partial charge in [-0.25, -0.2) is 9.97 Å². The molecule has 0 fully saturated rings. The van der Waals surface area contributed by atoms with E-state index >= 15 is 0 Å². The van der Waals surface area contributed by atoms with Gasteiger partial charge in [0.2, 0.25) is 0 Å². The Morgan fingerprint density at radius 2 is 2.05 bits per heavy atom. The molecule has 3 heterocycles. The molecule has 0 radical (unpaired) electrons. The molecule has 6 heteroatoms. The standard InChI is InChI=1S/C15H14BrClN4/c1-9(17)14-20-13-7-11(16)8-19-15(13)21(14)10(2)12-5-3-4-6-18-12/h3-10H,1-2H3. The molecule has 0 amide bonds. The number of alkyl halides is 1. The molecule has 3 rings (SSSR count). The summed E-state index contributed by atoms with van der Waals surface area (Å²) in [4.78, 5) is 13.6. The molecule has 0 saturated heterocycles. The van der Waals surface area contributed by atoms with Gasteiger partial charge in [0.25, 0.3) is 0 Å². The van der Waals surface area contributed by atoms with Crippen molar-refractivity contribution in [3.63, 3.8) is 0 Å². The lowest BCUT2D eigenvalue weighted by atomic mass is 10.2. The van der Waals surface area contributed by atoms with Crippen LogP contribution in [-0.2, 0) is 0 Å². The predicted octanol–water partition coefficient (Wildman–Crippen LogP) is 4.50. The fourth-order valence-corrected chi connectivity index (χ4v) is 2.87. The fraction of sp³-hybridized carbons (Fsp3) is 0.267. The zero-order valence-corrected chi connectivity index (χ0v) is 14.0. The van der Waals surface area contributed by atoms with Gasteiger partial charge < -0.3 is 4.57 Å². The number of hydrogen-bond acceptors (Lipinski definition) is 3. The zero-order valence-electron chi connectivity index (χ0n) is 11.7. The van der Waals surface area contributed by atoms with Crippen molar-refractivity contribution >= 4 is 38.7 Å². The summed E-state index contributed by atoms with van der Waals surface area (Å²) in [6, 6.07) is 7.85. The molecule has 3 aromatic rings. The monoisotopic (exact) mass is 364 g/mol. The first-order chi connectivity index (χ1) is 10.1. The van der Waals surface area contributed by atoms with E-state index in [0.717, 1.165) is 27.2 Å². The van der Waals surface area contributed by atoms with E-state index in [0.29, 0.717) is 0 Å². The average Bonchev–Trinajstić information content (AvgIpc) is 2.86. The Labute approximate surface area is 136 Å². The molecule has 0 aromatic carbocycles. The van der Waals surface area contributed by atoms with Gasteiger partial charge in [-0.3, -0.25) is 4.98 Å². The molecule has 0 N–H and O–H groups in total. The number of halogens is 2. The van der Waals surface area contributed by atoms with E-state index in [-0.39, 0.29) is 11.4 Å². The Kier molecular flexibility index (Phi) is 3.95. The van der Waals surface area contributed by atoms with E-state index in [2.05, 4.69) is 42.4 Å². The maximum atomic E-state index is 6.31. The SMILES string of the molecule is CC(Cl)c1nc2cc(Br)cnc2n1C(C)c1ccccn1. The smallest absolute Gasteiger partial charge is 0.160 e. The second kappa shape index (κ2) is 5.73. The summed E-state index contributed by atoms with van der Waals surface area (Å²) in [5, 5.41) is -0.205. The quantitative estimate of drug-likeness (QED) is 0.642. The zero-order chi connectivity index (χ0) is 15.0. The van der Waals surface area contributed by atoms with Crippen molar-refractivity contribution < 1.29 is 0 Å². The average molecular weight is 366 g/mol. The molecule has 108 valence electrons. The van der Waals surface area contributed by atoms with Gasteiger partial charge in [-0.05, 0) is 48.0 Å². The Hall–Kier alpha value is -1.46. The summed E-state index contributed by atoms with van der Waals surface area (Å²) in [5.74, 6) is 0.801. The van der Waals surface area contributed by atoms with E-state index < -0.39 is 0 Å². The predicted molar refractivity (Wildman–Crippen MR) is 87.5 cm³/mol. The number of aromatic nitrogens is 4. The van der Waals surface area contributed by atoms with Gasteiger partial charge in [0.1, 0.15) is 11.3 Å². The highest BCUT2D eigenvalue weighted by Gasteiger charge is 2.21. The minimum absolute atomic E-state index is 0.0149. The van der Waals surface area contributed by atoms with Gasteiger partial charge >= 0.3 is 0 Å². The number of nitrogens with zero attached hydrogens (tertiary/aromatic N) is 4. The van der Waals surface area contributed by atoms with Crippen molar-refractivity contribution in [2.75, 3.05) is 0 Å². The number of fused-ring (bicyclic) bond motifs is 1. The maximum Gasteiger partial charge on any atom is 0.160 e. The minimum atomic E-state index is -0.205. The Morgan fingerprint density at radius 3 is 2.71 bits per heavy atom. The molecular weight excluding hydrogens is 352 g/mol. The van der Waals surface area contributed by atoms with Crippen LogP contribution in [0.5, 0.6) is 0 Å². The number of rotatable bonds is 3. The van der Waals surface area contributed by atoms with Crippen LogP contribution in [0.15, 0.2) is 41.1 Å². The first kappa shape index (κ1) is 14.5. The lowest BCUT2D eigenvalue weighted by Crippen LogP contribution is -2.13. The third-order valence-corrected chi connectivity index (χ3v) is 4.01. The van der Waals surface area contributed by atoms with E-state index in [1.165, 1.54) is 0 Å². The van der Waals surface area contributed by atoms with Gasteiger partial charge in [0, 0.05) is 16.9 Å². The Balaban J connectivity index is 2.22. The molecule has 3 aromatic heterocycles. The summed E-state index contributed by atoms with van der Waals surface area (Å²) < 4.78 is 2.96. The normalized spacial score (nSPS) is 14.3. The summed E-state index contributed by atoms with van der Waals surface area (Å²) in [6.45, 7) is 4.00. The Morgan fingerprint density at radius 1 is 1.24 bits per heavy atom. The minimum Gasteiger partial charge on any atom is -0.303 e. The highest BCUT2D eigenvalue weighted by atomic mass is 79.9. The number of hydrogen-bond donors (Lipinski definition) is 0. The maximum absolute atomic E-state index is 6.31. The molecule has 21 heavy (non-hydrogen) atoms. The molecule has 0 bridgehead atoms. The molecule has 4 nitrogen and oxygen atoms in total. The van der Waals surface area contributed by atoms with Crippen molar-refractivity contribution in [1.82, 2.24) is 19.5 Å². The van der Waals surface area contributed by atoms with Gasteiger partial charge in [0.05, 0.1) is 17.1 Å².